The molecule has 270 valence electrons. The number of Topliss-reactive ketones (excluding diaryl/α,β-unsaturated/α-hetero) is 1. The molecule has 50 heavy (non-hydrogen) atoms. The van der Waals surface area contributed by atoms with Gasteiger partial charge in [-0.2, -0.15) is 0 Å². The largest absolute Gasteiger partial charge is 0.508 e. The van der Waals surface area contributed by atoms with E-state index in [1.165, 1.54) is 29.9 Å². The van der Waals surface area contributed by atoms with Crippen LogP contribution in [0.5, 0.6) is 5.75 Å². The maximum Gasteiger partial charge on any atom is 0.330 e. The maximum atomic E-state index is 13.4. The minimum Gasteiger partial charge on any atom is -0.508 e. The second kappa shape index (κ2) is 12.5. The molecule has 1 amide bonds. The number of benzene rings is 1. The molecule has 0 radical (unpaired) electrons. The Kier molecular flexibility index (Phi) is 9.05. The van der Waals surface area contributed by atoms with Crippen LogP contribution >= 0.6 is 0 Å². The highest BCUT2D eigenvalue weighted by atomic mass is 16.5. The van der Waals surface area contributed by atoms with Crippen molar-refractivity contribution in [3.63, 3.8) is 0 Å². The second-order valence-electron chi connectivity index (χ2n) is 18.0. The number of phenols is 1. The van der Waals surface area contributed by atoms with Crippen molar-refractivity contribution in [3.05, 3.63) is 54.1 Å². The number of anilines is 1. The number of ketones is 1. The van der Waals surface area contributed by atoms with Gasteiger partial charge in [0.1, 0.15) is 11.5 Å². The first kappa shape index (κ1) is 36.1. The zero-order chi connectivity index (χ0) is 36.4. The van der Waals surface area contributed by atoms with Gasteiger partial charge in [-0.1, -0.05) is 59.8 Å². The van der Waals surface area contributed by atoms with E-state index in [4.69, 9.17) is 4.74 Å². The van der Waals surface area contributed by atoms with Gasteiger partial charge >= 0.3 is 11.9 Å². The predicted octanol–water partition coefficient (Wildman–Crippen LogP) is 8.36. The number of hydrogen-bond acceptors (Lipinski definition) is 6. The molecule has 0 saturated heterocycles. The topological polar surface area (TPSA) is 130 Å². The summed E-state index contributed by atoms with van der Waals surface area (Å²) in [7, 11) is 0. The lowest BCUT2D eigenvalue weighted by atomic mass is 9.36. The van der Waals surface area contributed by atoms with Gasteiger partial charge in [-0.15, -0.1) is 0 Å². The van der Waals surface area contributed by atoms with Gasteiger partial charge in [-0.3, -0.25) is 14.4 Å². The number of nitrogens with one attached hydrogen (secondary N) is 1. The van der Waals surface area contributed by atoms with Gasteiger partial charge in [-0.25, -0.2) is 4.79 Å². The highest BCUT2D eigenvalue weighted by Crippen LogP contribution is 2.72. The number of carboxylic acid groups (broad SMARTS) is 1. The summed E-state index contributed by atoms with van der Waals surface area (Å²) in [6, 6.07) is 4.43. The molecule has 8 unspecified atom stereocenters. The summed E-state index contributed by atoms with van der Waals surface area (Å²) in [5.41, 5.74) is 0.692. The number of rotatable bonds is 7. The minimum absolute atomic E-state index is 0.0189. The molecule has 0 heterocycles. The van der Waals surface area contributed by atoms with Crippen LogP contribution < -0.4 is 5.32 Å². The number of aliphatic carboxylic acids is 1. The lowest BCUT2D eigenvalue weighted by Gasteiger charge is -2.68. The third-order valence-corrected chi connectivity index (χ3v) is 14.4. The SMILES string of the molecule is C=CC(=O)Nc1ccc(O)cc1C=CC(=O)OCC1CC2(C(=O)O)CCC(C)(C)CC2C2=CCC3C(C)(CCC4C(C)(C)C(=O)CCC43C)C21. The number of aromatic hydroxyl groups is 1. The highest BCUT2D eigenvalue weighted by molar-refractivity contribution is 6.01. The van der Waals surface area contributed by atoms with Crippen LogP contribution in [-0.4, -0.2) is 40.4 Å². The molecule has 1 aromatic rings. The van der Waals surface area contributed by atoms with E-state index in [1.54, 1.807) is 6.07 Å². The van der Waals surface area contributed by atoms with E-state index in [2.05, 4.69) is 59.5 Å². The van der Waals surface area contributed by atoms with Crippen molar-refractivity contribution in [3.8, 4) is 5.75 Å². The number of fused-ring (bicyclic) bond motifs is 7. The molecule has 8 nitrogen and oxygen atoms in total. The van der Waals surface area contributed by atoms with Crippen LogP contribution in [0, 0.1) is 56.7 Å². The Balaban J connectivity index is 1.34. The molecule has 4 saturated carbocycles. The zero-order valence-electron chi connectivity index (χ0n) is 30.6. The van der Waals surface area contributed by atoms with E-state index >= 15 is 0 Å². The van der Waals surface area contributed by atoms with E-state index in [-0.39, 0.29) is 51.8 Å². The molecule has 5 aliphatic carbocycles. The Morgan fingerprint density at radius 3 is 2.44 bits per heavy atom. The van der Waals surface area contributed by atoms with E-state index in [0.717, 1.165) is 44.6 Å². The molecular formula is C42H55NO7. The number of phenolic OH excluding ortho intramolecular Hbond substituents is 1. The molecule has 0 spiro atoms. The molecule has 8 heteroatoms. The lowest BCUT2D eigenvalue weighted by Crippen LogP contribution is -2.63. The molecule has 8 atom stereocenters. The number of hydrogen-bond donors (Lipinski definition) is 3. The quantitative estimate of drug-likeness (QED) is 0.114. The maximum absolute atomic E-state index is 13.4. The van der Waals surface area contributed by atoms with Crippen molar-refractivity contribution >= 4 is 35.4 Å². The standard InChI is InChI=1S/C42H55NO7/c1-8-34(46)43-30-12-10-27(44)21-25(30)9-14-35(47)50-24-26-22-42(37(48)49)20-19-38(2,3)23-29(42)28-11-13-32-40(6)18-16-33(45)39(4,5)31(40)15-17-41(32,7)36(26)28/h8-12,14,21,26,29,31-32,36,44H,1,13,15-20,22-24H2,2-7H3,(H,43,46)(H,48,49). The molecule has 1 aromatic carbocycles. The summed E-state index contributed by atoms with van der Waals surface area (Å²) in [6.07, 6.45) is 13.3. The molecule has 5 aliphatic rings. The van der Waals surface area contributed by atoms with Gasteiger partial charge < -0.3 is 20.3 Å². The first-order valence-corrected chi connectivity index (χ1v) is 18.5. The summed E-state index contributed by atoms with van der Waals surface area (Å²) in [6.45, 7) is 17.2. The van der Waals surface area contributed by atoms with Crippen LogP contribution in [0.4, 0.5) is 5.69 Å². The number of carbonyl (C=O) groups excluding carboxylic acids is 3. The molecular weight excluding hydrogens is 630 g/mol. The summed E-state index contributed by atoms with van der Waals surface area (Å²) < 4.78 is 6.02. The van der Waals surface area contributed by atoms with Gasteiger partial charge in [0.05, 0.1) is 12.0 Å². The fourth-order valence-electron chi connectivity index (χ4n) is 12.0. The first-order valence-electron chi connectivity index (χ1n) is 18.5. The molecule has 0 aliphatic heterocycles. The van der Waals surface area contributed by atoms with Crippen LogP contribution in [0.2, 0.25) is 0 Å². The molecule has 0 aromatic heterocycles. The first-order chi connectivity index (χ1) is 23.4. The van der Waals surface area contributed by atoms with Gasteiger partial charge in [0, 0.05) is 35.1 Å². The average molecular weight is 686 g/mol. The van der Waals surface area contributed by atoms with E-state index in [0.29, 0.717) is 48.1 Å². The van der Waals surface area contributed by atoms with Crippen LogP contribution in [0.1, 0.15) is 105 Å². The second-order valence-corrected chi connectivity index (χ2v) is 18.0. The molecule has 0 bridgehead atoms. The zero-order valence-corrected chi connectivity index (χ0v) is 30.6. The fraction of sp³-hybridized carbons (Fsp3) is 0.619. The number of ether oxygens (including phenoxy) is 1. The van der Waals surface area contributed by atoms with Crippen LogP contribution in [0.15, 0.2) is 48.6 Å². The molecule has 6 rings (SSSR count). The van der Waals surface area contributed by atoms with Gasteiger partial charge in [0.15, 0.2) is 0 Å². The van der Waals surface area contributed by atoms with E-state index in [9.17, 15) is 29.4 Å². The normalized spacial score (nSPS) is 36.9. The van der Waals surface area contributed by atoms with Crippen molar-refractivity contribution in [2.75, 3.05) is 11.9 Å². The molecule has 3 N–H and O–H groups in total. The van der Waals surface area contributed by atoms with Gasteiger partial charge in [-0.05, 0) is 122 Å². The number of carboxylic acids is 1. The Bertz CT molecular complexity index is 1670. The van der Waals surface area contributed by atoms with E-state index in [1.807, 2.05) is 0 Å². The van der Waals surface area contributed by atoms with E-state index < -0.39 is 23.3 Å². The minimum atomic E-state index is -0.909. The van der Waals surface area contributed by atoms with Crippen molar-refractivity contribution < 1.29 is 34.1 Å². The molecule has 4 fully saturated rings. The Morgan fingerprint density at radius 1 is 1.00 bits per heavy atom. The van der Waals surface area contributed by atoms with Crippen LogP contribution in [0.25, 0.3) is 6.08 Å². The third kappa shape index (κ3) is 5.84. The fourth-order valence-corrected chi connectivity index (χ4v) is 12.0. The number of esters is 1. The van der Waals surface area contributed by atoms with Crippen molar-refractivity contribution in [1.29, 1.82) is 0 Å². The van der Waals surface area contributed by atoms with Gasteiger partial charge in [0.2, 0.25) is 5.91 Å². The Morgan fingerprint density at radius 2 is 1.74 bits per heavy atom. The third-order valence-electron chi connectivity index (χ3n) is 14.4. The summed E-state index contributed by atoms with van der Waals surface area (Å²) in [4.78, 5) is 51.9. The monoisotopic (exact) mass is 685 g/mol. The number of amides is 1. The van der Waals surface area contributed by atoms with Crippen molar-refractivity contribution in [2.45, 2.75) is 99.3 Å². The Hall–Kier alpha value is -3.68. The smallest absolute Gasteiger partial charge is 0.330 e. The summed E-state index contributed by atoms with van der Waals surface area (Å²) in [5, 5.41) is 23.7. The van der Waals surface area contributed by atoms with Crippen LogP contribution in [0.3, 0.4) is 0 Å². The van der Waals surface area contributed by atoms with Crippen LogP contribution in [-0.2, 0) is 23.9 Å². The van der Waals surface area contributed by atoms with Crippen molar-refractivity contribution in [1.82, 2.24) is 0 Å². The van der Waals surface area contributed by atoms with Gasteiger partial charge in [0.25, 0.3) is 0 Å². The average Bonchev–Trinajstić information content (AvgIpc) is 3.05. The number of carbonyl (C=O) groups is 4. The van der Waals surface area contributed by atoms with Crippen molar-refractivity contribution in [2.24, 2.45) is 56.7 Å². The summed E-state index contributed by atoms with van der Waals surface area (Å²) in [5.74, 6) is -0.955. The predicted molar refractivity (Wildman–Crippen MR) is 193 cm³/mol. The Labute approximate surface area is 296 Å². The summed E-state index contributed by atoms with van der Waals surface area (Å²) >= 11 is 0. The highest BCUT2D eigenvalue weighted by Gasteiger charge is 2.67. The number of allylic oxidation sites excluding steroid dienone is 2. The lowest BCUT2D eigenvalue weighted by molar-refractivity contribution is -0.184.